The van der Waals surface area contributed by atoms with Crippen LogP contribution in [0.1, 0.15) is 5.56 Å². The molecule has 0 bridgehead atoms. The van der Waals surface area contributed by atoms with Gasteiger partial charge in [-0.25, -0.2) is 8.42 Å². The molecule has 1 aromatic rings. The Labute approximate surface area is 122 Å². The van der Waals surface area contributed by atoms with Crippen molar-refractivity contribution < 1.29 is 18.3 Å². The first-order valence-corrected chi connectivity index (χ1v) is 8.50. The minimum Gasteiger partial charge on any atom is -0.503 e. The van der Waals surface area contributed by atoms with Gasteiger partial charge in [-0.3, -0.25) is 0 Å². The highest BCUT2D eigenvalue weighted by Gasteiger charge is 2.11. The number of nitrogens with zero attached hydrogens (tertiary/aromatic N) is 1. The minimum absolute atomic E-state index is 0.0602. The molecule has 1 N–H and O–H groups in total. The SMILES string of the molecule is COc1cc(CN(C)CCS(C)(=O)=O)cc(Br)c1O. The molecule has 0 atom stereocenters. The summed E-state index contributed by atoms with van der Waals surface area (Å²) in [7, 11) is 0.376. The van der Waals surface area contributed by atoms with Crippen LogP contribution in [0.15, 0.2) is 16.6 Å². The maximum atomic E-state index is 11.1. The number of aromatic hydroxyl groups is 1. The van der Waals surface area contributed by atoms with Crippen molar-refractivity contribution in [3.63, 3.8) is 0 Å². The van der Waals surface area contributed by atoms with Crippen LogP contribution < -0.4 is 4.74 Å². The van der Waals surface area contributed by atoms with Gasteiger partial charge in [-0.05, 0) is 40.7 Å². The Kier molecular flexibility index (Phi) is 5.64. The van der Waals surface area contributed by atoms with E-state index in [0.29, 0.717) is 23.3 Å². The Hall–Kier alpha value is -0.790. The molecule has 7 heteroatoms. The van der Waals surface area contributed by atoms with E-state index >= 15 is 0 Å². The molecule has 0 heterocycles. The molecule has 0 fully saturated rings. The second-order valence-electron chi connectivity index (χ2n) is 4.50. The van der Waals surface area contributed by atoms with Crippen LogP contribution in [0.5, 0.6) is 11.5 Å². The highest BCUT2D eigenvalue weighted by Crippen LogP contribution is 2.35. The quantitative estimate of drug-likeness (QED) is 0.843. The second-order valence-corrected chi connectivity index (χ2v) is 7.61. The van der Waals surface area contributed by atoms with Crippen molar-refractivity contribution in [3.8, 4) is 11.5 Å². The van der Waals surface area contributed by atoms with Gasteiger partial charge in [0.2, 0.25) is 0 Å². The molecule has 1 rings (SSSR count). The zero-order valence-corrected chi connectivity index (χ0v) is 13.6. The van der Waals surface area contributed by atoms with Crippen LogP contribution in [-0.2, 0) is 16.4 Å². The maximum Gasteiger partial charge on any atom is 0.172 e. The lowest BCUT2D eigenvalue weighted by atomic mass is 10.2. The number of sulfone groups is 1. The second kappa shape index (κ2) is 6.58. The summed E-state index contributed by atoms with van der Waals surface area (Å²) >= 11 is 3.25. The molecule has 5 nitrogen and oxygen atoms in total. The Bertz CT molecular complexity index is 545. The minimum atomic E-state index is -2.95. The summed E-state index contributed by atoms with van der Waals surface area (Å²) in [6, 6.07) is 3.52. The van der Waals surface area contributed by atoms with Crippen molar-refractivity contribution in [1.82, 2.24) is 4.90 Å². The predicted molar refractivity (Wildman–Crippen MR) is 78.4 cm³/mol. The molecule has 1 aromatic carbocycles. The zero-order valence-electron chi connectivity index (χ0n) is 11.2. The molecule has 0 saturated carbocycles. The fourth-order valence-corrected chi connectivity index (χ4v) is 2.72. The van der Waals surface area contributed by atoms with Gasteiger partial charge in [0.15, 0.2) is 11.5 Å². The lowest BCUT2D eigenvalue weighted by Crippen LogP contribution is -2.24. The largest absolute Gasteiger partial charge is 0.503 e. The topological polar surface area (TPSA) is 66.8 Å². The smallest absolute Gasteiger partial charge is 0.172 e. The first kappa shape index (κ1) is 16.3. The molecule has 0 saturated heterocycles. The lowest BCUT2D eigenvalue weighted by Gasteiger charge is -2.17. The number of halogens is 1. The lowest BCUT2D eigenvalue weighted by molar-refractivity contribution is 0.342. The number of hydrogen-bond acceptors (Lipinski definition) is 5. The van der Waals surface area contributed by atoms with E-state index in [0.717, 1.165) is 5.56 Å². The van der Waals surface area contributed by atoms with Gasteiger partial charge in [0.05, 0.1) is 17.3 Å². The van der Waals surface area contributed by atoms with Gasteiger partial charge in [0, 0.05) is 19.3 Å². The van der Waals surface area contributed by atoms with Crippen LogP contribution in [0.4, 0.5) is 0 Å². The van der Waals surface area contributed by atoms with Crippen LogP contribution in [0.3, 0.4) is 0 Å². The normalized spacial score (nSPS) is 11.8. The van der Waals surface area contributed by atoms with Crippen molar-refractivity contribution >= 4 is 25.8 Å². The molecular weight excluding hydrogens is 334 g/mol. The van der Waals surface area contributed by atoms with Gasteiger partial charge >= 0.3 is 0 Å². The van der Waals surface area contributed by atoms with Crippen LogP contribution in [-0.4, -0.2) is 51.1 Å². The van der Waals surface area contributed by atoms with Gasteiger partial charge in [-0.1, -0.05) is 0 Å². The van der Waals surface area contributed by atoms with Crippen LogP contribution in [0.2, 0.25) is 0 Å². The van der Waals surface area contributed by atoms with E-state index < -0.39 is 9.84 Å². The zero-order chi connectivity index (χ0) is 14.6. The summed E-state index contributed by atoms with van der Waals surface area (Å²) in [6.07, 6.45) is 1.22. The predicted octanol–water partition coefficient (Wildman–Crippen LogP) is 1.64. The molecule has 0 aromatic heterocycles. The number of rotatable bonds is 6. The first-order valence-electron chi connectivity index (χ1n) is 5.64. The summed E-state index contributed by atoms with van der Waals surface area (Å²) in [5.41, 5.74) is 0.928. The van der Waals surface area contributed by atoms with Gasteiger partial charge in [0.1, 0.15) is 9.84 Å². The molecule has 0 aliphatic carbocycles. The molecule has 0 radical (unpaired) electrons. The first-order chi connectivity index (χ1) is 8.73. The summed E-state index contributed by atoms with van der Waals surface area (Å²) in [6.45, 7) is 1.03. The van der Waals surface area contributed by atoms with Crippen molar-refractivity contribution in [2.24, 2.45) is 0 Å². The van der Waals surface area contributed by atoms with Gasteiger partial charge in [-0.15, -0.1) is 0 Å². The van der Waals surface area contributed by atoms with E-state index in [2.05, 4.69) is 15.9 Å². The number of benzene rings is 1. The third-order valence-corrected chi connectivity index (χ3v) is 4.13. The number of phenols is 1. The van der Waals surface area contributed by atoms with E-state index in [1.807, 2.05) is 11.9 Å². The average molecular weight is 352 g/mol. The number of methoxy groups -OCH3 is 1. The van der Waals surface area contributed by atoms with Crippen LogP contribution in [0, 0.1) is 0 Å². The molecule has 0 amide bonds. The molecular formula is C12H18BrNO4S. The summed E-state index contributed by atoms with van der Waals surface area (Å²) in [4.78, 5) is 1.90. The van der Waals surface area contributed by atoms with E-state index in [9.17, 15) is 13.5 Å². The molecule has 19 heavy (non-hydrogen) atoms. The van der Waals surface area contributed by atoms with Gasteiger partial charge < -0.3 is 14.7 Å². The monoisotopic (exact) mass is 351 g/mol. The number of hydrogen-bond donors (Lipinski definition) is 1. The fraction of sp³-hybridized carbons (Fsp3) is 0.500. The molecule has 0 aliphatic heterocycles. The third-order valence-electron chi connectivity index (χ3n) is 2.60. The van der Waals surface area contributed by atoms with E-state index in [-0.39, 0.29) is 11.5 Å². The van der Waals surface area contributed by atoms with Crippen molar-refractivity contribution in [2.45, 2.75) is 6.54 Å². The number of ether oxygens (including phenoxy) is 1. The Morgan fingerprint density at radius 3 is 2.58 bits per heavy atom. The summed E-state index contributed by atoms with van der Waals surface area (Å²) < 4.78 is 27.8. The molecule has 0 spiro atoms. The van der Waals surface area contributed by atoms with Crippen molar-refractivity contribution in [1.29, 1.82) is 0 Å². The van der Waals surface area contributed by atoms with Crippen LogP contribution >= 0.6 is 15.9 Å². The Morgan fingerprint density at radius 1 is 1.42 bits per heavy atom. The summed E-state index contributed by atoms with van der Waals surface area (Å²) in [5, 5.41) is 9.70. The Balaban J connectivity index is 2.74. The standard InChI is InChI=1S/C12H18BrNO4S/c1-14(4-5-19(3,16)17)8-9-6-10(13)12(15)11(7-9)18-2/h6-7,15H,4-5,8H2,1-3H3. The summed E-state index contributed by atoms with van der Waals surface area (Å²) in [5.74, 6) is 0.575. The van der Waals surface area contributed by atoms with E-state index in [4.69, 9.17) is 4.74 Å². The van der Waals surface area contributed by atoms with Gasteiger partial charge in [0.25, 0.3) is 0 Å². The van der Waals surface area contributed by atoms with Crippen molar-refractivity contribution in [3.05, 3.63) is 22.2 Å². The Morgan fingerprint density at radius 2 is 2.05 bits per heavy atom. The van der Waals surface area contributed by atoms with E-state index in [1.54, 1.807) is 12.1 Å². The number of phenolic OH excluding ortho intramolecular Hbond substituents is 1. The fourth-order valence-electron chi connectivity index (χ4n) is 1.59. The molecule has 0 aliphatic rings. The third kappa shape index (κ3) is 5.38. The van der Waals surface area contributed by atoms with Gasteiger partial charge in [-0.2, -0.15) is 0 Å². The van der Waals surface area contributed by atoms with E-state index in [1.165, 1.54) is 13.4 Å². The average Bonchev–Trinajstić information content (AvgIpc) is 2.30. The molecule has 108 valence electrons. The highest BCUT2D eigenvalue weighted by atomic mass is 79.9. The van der Waals surface area contributed by atoms with Crippen LogP contribution in [0.25, 0.3) is 0 Å². The molecule has 0 unspecified atom stereocenters. The maximum absolute atomic E-state index is 11.1. The highest BCUT2D eigenvalue weighted by molar-refractivity contribution is 9.10. The van der Waals surface area contributed by atoms with Crippen molar-refractivity contribution in [2.75, 3.05) is 32.7 Å².